The van der Waals surface area contributed by atoms with E-state index in [1.807, 2.05) is 13.8 Å². The third kappa shape index (κ3) is 13.2. The fourth-order valence-electron chi connectivity index (χ4n) is 5.22. The van der Waals surface area contributed by atoms with Crippen molar-refractivity contribution >= 4 is 29.5 Å². The molecule has 12 N–H and O–H groups in total. The van der Waals surface area contributed by atoms with Crippen LogP contribution >= 0.6 is 0 Å². The molecule has 1 aliphatic heterocycles. The van der Waals surface area contributed by atoms with Crippen molar-refractivity contribution in [1.29, 1.82) is 0 Å². The molecule has 1 heterocycles. The third-order valence-electron chi connectivity index (χ3n) is 8.04. The second-order valence-electron chi connectivity index (χ2n) is 12.8. The molecular formula is C34H48N6O11. The highest BCUT2D eigenvalue weighted by Crippen LogP contribution is 2.19. The predicted molar refractivity (Wildman–Crippen MR) is 181 cm³/mol. The standard InChI is InChI=1S/C34H48N6O11/c1-18(2)12-23(32(48)37-15-25-28(44)29(45)30(46)34(50)51-25)40-33(49)24(14-19-6-4-3-5-7-19)39-27(43)17-36-26(42)16-38-31(47)22(35)13-20-8-10-21(41)11-9-20/h3-11,18,22-25,28-30,34,41,44-46,50H,12-17,35H2,1-2H3,(H,36,42)(H,37,48)(H,38,47)(H,39,43)(H,40,49)/t22?,23?,24?,25-,28-,29+,30-,34?/m1/s1. The summed E-state index contributed by atoms with van der Waals surface area (Å²) in [7, 11) is 0. The van der Waals surface area contributed by atoms with Gasteiger partial charge in [-0.25, -0.2) is 0 Å². The topological polar surface area (TPSA) is 282 Å². The molecule has 4 unspecified atom stereocenters. The van der Waals surface area contributed by atoms with Crippen molar-refractivity contribution in [3.05, 3.63) is 65.7 Å². The SMILES string of the molecule is CC(C)CC(NC(=O)C(Cc1ccccc1)NC(=O)CNC(=O)CNC(=O)C(N)Cc1ccc(O)cc1)C(=O)NC[C@H]1OC(O)[C@H](O)[C@@H](O)[C@@H]1O. The van der Waals surface area contributed by atoms with Crippen LogP contribution in [0.15, 0.2) is 54.6 Å². The molecular weight excluding hydrogens is 668 g/mol. The van der Waals surface area contributed by atoms with E-state index in [4.69, 9.17) is 10.5 Å². The minimum absolute atomic E-state index is 0.0393. The van der Waals surface area contributed by atoms with Crippen molar-refractivity contribution in [1.82, 2.24) is 26.6 Å². The minimum atomic E-state index is -1.79. The third-order valence-corrected chi connectivity index (χ3v) is 8.04. The Morgan fingerprint density at radius 3 is 1.98 bits per heavy atom. The molecule has 17 nitrogen and oxygen atoms in total. The molecule has 2 aromatic rings. The first-order valence-corrected chi connectivity index (χ1v) is 16.5. The van der Waals surface area contributed by atoms with E-state index < -0.39 is 91.5 Å². The van der Waals surface area contributed by atoms with Crippen LogP contribution in [0, 0.1) is 5.92 Å². The van der Waals surface area contributed by atoms with E-state index in [1.165, 1.54) is 12.1 Å². The number of carbonyl (C=O) groups is 5. The molecule has 2 aromatic carbocycles. The molecule has 0 aromatic heterocycles. The van der Waals surface area contributed by atoms with Gasteiger partial charge >= 0.3 is 0 Å². The lowest BCUT2D eigenvalue weighted by atomic mass is 9.98. The predicted octanol–water partition coefficient (Wildman–Crippen LogP) is -3.33. The molecule has 17 heteroatoms. The molecule has 280 valence electrons. The first-order chi connectivity index (χ1) is 24.1. The van der Waals surface area contributed by atoms with Crippen molar-refractivity contribution in [3.63, 3.8) is 0 Å². The molecule has 0 aliphatic carbocycles. The van der Waals surface area contributed by atoms with E-state index >= 15 is 0 Å². The highest BCUT2D eigenvalue weighted by Gasteiger charge is 2.43. The Labute approximate surface area is 294 Å². The molecule has 8 atom stereocenters. The van der Waals surface area contributed by atoms with Crippen LogP contribution in [0.2, 0.25) is 0 Å². The van der Waals surface area contributed by atoms with Crippen molar-refractivity contribution in [2.75, 3.05) is 19.6 Å². The number of amides is 5. The number of nitrogens with one attached hydrogen (secondary N) is 5. The maximum Gasteiger partial charge on any atom is 0.243 e. The highest BCUT2D eigenvalue weighted by molar-refractivity contribution is 5.94. The summed E-state index contributed by atoms with van der Waals surface area (Å²) in [5, 5.41) is 61.6. The number of phenols is 1. The Bertz CT molecular complexity index is 1460. The second-order valence-corrected chi connectivity index (χ2v) is 12.8. The van der Waals surface area contributed by atoms with E-state index in [1.54, 1.807) is 42.5 Å². The number of aromatic hydroxyl groups is 1. The van der Waals surface area contributed by atoms with E-state index in [0.29, 0.717) is 11.1 Å². The summed E-state index contributed by atoms with van der Waals surface area (Å²) < 4.78 is 5.11. The summed E-state index contributed by atoms with van der Waals surface area (Å²) in [6.45, 7) is 2.30. The van der Waals surface area contributed by atoms with Gasteiger partial charge in [-0.1, -0.05) is 56.3 Å². The fraction of sp³-hybridized carbons (Fsp3) is 0.500. The maximum absolute atomic E-state index is 13.6. The molecule has 0 radical (unpaired) electrons. The number of nitrogens with two attached hydrogens (primary N) is 1. The number of hydrogen-bond acceptors (Lipinski definition) is 12. The Balaban J connectivity index is 1.57. The van der Waals surface area contributed by atoms with Crippen LogP contribution in [0.4, 0.5) is 0 Å². The molecule has 0 saturated carbocycles. The Morgan fingerprint density at radius 2 is 1.33 bits per heavy atom. The van der Waals surface area contributed by atoms with Gasteiger partial charge in [-0.15, -0.1) is 0 Å². The molecule has 0 bridgehead atoms. The van der Waals surface area contributed by atoms with Crippen LogP contribution in [0.5, 0.6) is 5.75 Å². The van der Waals surface area contributed by atoms with Gasteiger partial charge in [0.15, 0.2) is 6.29 Å². The quantitative estimate of drug-likeness (QED) is 0.0767. The minimum Gasteiger partial charge on any atom is -0.508 e. The average Bonchev–Trinajstić information content (AvgIpc) is 3.10. The monoisotopic (exact) mass is 716 g/mol. The van der Waals surface area contributed by atoms with Crippen molar-refractivity contribution in [2.24, 2.45) is 11.7 Å². The zero-order valence-corrected chi connectivity index (χ0v) is 28.4. The van der Waals surface area contributed by atoms with E-state index in [9.17, 15) is 49.5 Å². The number of rotatable bonds is 17. The molecule has 1 fully saturated rings. The van der Waals surface area contributed by atoms with Crippen LogP contribution < -0.4 is 32.3 Å². The van der Waals surface area contributed by atoms with Crippen LogP contribution in [0.1, 0.15) is 31.4 Å². The first kappa shape index (κ1) is 40.8. The van der Waals surface area contributed by atoms with Gasteiger partial charge in [0.25, 0.3) is 0 Å². The Morgan fingerprint density at radius 1 is 0.706 bits per heavy atom. The lowest BCUT2D eigenvalue weighted by Crippen LogP contribution is -2.61. The van der Waals surface area contributed by atoms with Crippen LogP contribution in [-0.4, -0.2) is 124 Å². The fourth-order valence-corrected chi connectivity index (χ4v) is 5.22. The summed E-state index contributed by atoms with van der Waals surface area (Å²) in [5.41, 5.74) is 7.32. The van der Waals surface area contributed by atoms with E-state index in [-0.39, 0.29) is 37.5 Å². The molecule has 1 aliphatic rings. The van der Waals surface area contributed by atoms with E-state index in [0.717, 1.165) is 0 Å². The number of ether oxygens (including phenoxy) is 1. The molecule has 1 saturated heterocycles. The van der Waals surface area contributed by atoms with Gasteiger partial charge in [0.1, 0.15) is 42.2 Å². The summed E-state index contributed by atoms with van der Waals surface area (Å²) in [4.78, 5) is 64.4. The van der Waals surface area contributed by atoms with Gasteiger partial charge < -0.3 is 62.6 Å². The Kier molecular flexibility index (Phi) is 15.7. The molecule has 51 heavy (non-hydrogen) atoms. The average molecular weight is 717 g/mol. The summed E-state index contributed by atoms with van der Waals surface area (Å²) in [5.74, 6) is -3.37. The number of carbonyl (C=O) groups excluding carboxylic acids is 5. The largest absolute Gasteiger partial charge is 0.508 e. The lowest BCUT2D eigenvalue weighted by molar-refractivity contribution is -0.280. The summed E-state index contributed by atoms with van der Waals surface area (Å²) in [6, 6.07) is 11.7. The van der Waals surface area contributed by atoms with Gasteiger partial charge in [0.05, 0.1) is 19.1 Å². The van der Waals surface area contributed by atoms with Gasteiger partial charge in [-0.05, 0) is 42.0 Å². The maximum atomic E-state index is 13.6. The van der Waals surface area contributed by atoms with Gasteiger partial charge in [-0.3, -0.25) is 24.0 Å². The van der Waals surface area contributed by atoms with E-state index in [2.05, 4.69) is 26.6 Å². The summed E-state index contributed by atoms with van der Waals surface area (Å²) >= 11 is 0. The lowest BCUT2D eigenvalue weighted by Gasteiger charge is -2.38. The zero-order valence-electron chi connectivity index (χ0n) is 28.4. The van der Waals surface area contributed by atoms with Crippen molar-refractivity contribution in [2.45, 2.75) is 81.9 Å². The first-order valence-electron chi connectivity index (χ1n) is 16.5. The number of aliphatic hydroxyl groups is 4. The van der Waals surface area contributed by atoms with Gasteiger partial charge in [0.2, 0.25) is 29.5 Å². The Hall–Kier alpha value is -4.65. The second kappa shape index (κ2) is 19.7. The zero-order chi connectivity index (χ0) is 37.7. The van der Waals surface area contributed by atoms with Gasteiger partial charge in [-0.2, -0.15) is 0 Å². The summed E-state index contributed by atoms with van der Waals surface area (Å²) in [6.07, 6.45) is -7.72. The van der Waals surface area contributed by atoms with Crippen LogP contribution in [0.3, 0.4) is 0 Å². The van der Waals surface area contributed by atoms with Crippen molar-refractivity contribution < 1.29 is 54.2 Å². The number of aliphatic hydroxyl groups excluding tert-OH is 4. The molecule has 5 amide bonds. The number of hydrogen-bond donors (Lipinski definition) is 11. The van der Waals surface area contributed by atoms with Crippen LogP contribution in [-0.2, 0) is 41.6 Å². The number of phenolic OH excluding ortho intramolecular Hbond substituents is 1. The van der Waals surface area contributed by atoms with Gasteiger partial charge in [0, 0.05) is 13.0 Å². The smallest absolute Gasteiger partial charge is 0.243 e. The highest BCUT2D eigenvalue weighted by atomic mass is 16.6. The normalized spacial score (nSPS) is 21.8. The number of benzene rings is 2. The van der Waals surface area contributed by atoms with Crippen molar-refractivity contribution in [3.8, 4) is 5.75 Å². The van der Waals surface area contributed by atoms with Crippen LogP contribution in [0.25, 0.3) is 0 Å². The molecule has 3 rings (SSSR count). The molecule has 0 spiro atoms.